The number of nitrogens with one attached hydrogen (secondary N) is 1. The average Bonchev–Trinajstić information content (AvgIpc) is 3.13. The Morgan fingerprint density at radius 1 is 1.17 bits per heavy atom. The van der Waals surface area contributed by atoms with Crippen molar-refractivity contribution in [3.05, 3.63) is 41.7 Å². The zero-order valence-electron chi connectivity index (χ0n) is 18.1. The van der Waals surface area contributed by atoms with E-state index in [0.717, 1.165) is 59.7 Å². The molecule has 1 saturated carbocycles. The monoisotopic (exact) mass is 408 g/mol. The number of ether oxygens (including phenoxy) is 1. The van der Waals surface area contributed by atoms with E-state index >= 15 is 0 Å². The van der Waals surface area contributed by atoms with Crippen LogP contribution >= 0.6 is 0 Å². The quantitative estimate of drug-likeness (QED) is 0.552. The summed E-state index contributed by atoms with van der Waals surface area (Å²) >= 11 is 0. The second-order valence-corrected chi connectivity index (χ2v) is 8.46. The number of hydrogen-bond donors (Lipinski definition) is 3. The van der Waals surface area contributed by atoms with Crippen LogP contribution in [0.4, 0.5) is 17.2 Å². The number of rotatable bonds is 6. The minimum absolute atomic E-state index is 0.209. The van der Waals surface area contributed by atoms with Crippen LogP contribution in [0.2, 0.25) is 0 Å². The lowest BCUT2D eigenvalue weighted by Crippen LogP contribution is -2.25. The maximum atomic E-state index is 6.38. The van der Waals surface area contributed by atoms with Crippen LogP contribution < -0.4 is 21.5 Å². The van der Waals surface area contributed by atoms with Gasteiger partial charge in [0.25, 0.3) is 0 Å². The fourth-order valence-electron chi connectivity index (χ4n) is 4.32. The molecule has 7 heteroatoms. The van der Waals surface area contributed by atoms with Gasteiger partial charge in [-0.2, -0.15) is 0 Å². The molecule has 4 rings (SSSR count). The van der Waals surface area contributed by atoms with Gasteiger partial charge in [-0.3, -0.25) is 0 Å². The van der Waals surface area contributed by atoms with Crippen LogP contribution in [-0.4, -0.2) is 27.2 Å². The first-order valence-corrected chi connectivity index (χ1v) is 10.9. The lowest BCUT2D eigenvalue weighted by Gasteiger charge is -2.24. The molecular weight excluding hydrogens is 376 g/mol. The predicted octanol–water partition coefficient (Wildman–Crippen LogP) is 4.56. The van der Waals surface area contributed by atoms with Gasteiger partial charge in [-0.15, -0.1) is 5.10 Å². The molecule has 0 spiro atoms. The van der Waals surface area contributed by atoms with E-state index in [1.165, 1.54) is 0 Å². The van der Waals surface area contributed by atoms with E-state index in [4.69, 9.17) is 21.2 Å². The minimum Gasteiger partial charge on any atom is -0.494 e. The fraction of sp³-hybridized carbons (Fsp3) is 0.478. The van der Waals surface area contributed by atoms with Crippen LogP contribution in [0, 0.1) is 0 Å². The topological polar surface area (TPSA) is 103 Å². The van der Waals surface area contributed by atoms with Crippen molar-refractivity contribution in [2.75, 3.05) is 17.7 Å². The maximum Gasteiger partial charge on any atom is 0.178 e. The van der Waals surface area contributed by atoms with E-state index in [2.05, 4.69) is 24.3 Å². The normalized spacial score (nSPS) is 19.4. The van der Waals surface area contributed by atoms with Gasteiger partial charge in [0.05, 0.1) is 24.2 Å². The number of imidazole rings is 1. The standard InChI is InChI=1S/C23H32N6O/c1-4-30-18-11-9-17(10-12-18)26-21-20(14(2)3)22(25)28-29-13-19(27-23(21)29)15-5-7-16(24)8-6-15/h9-16,26H,4-8,24H2,1-3H3,(H2,25,28)/t15-,16-. The van der Waals surface area contributed by atoms with Crippen molar-refractivity contribution in [1.29, 1.82) is 0 Å². The summed E-state index contributed by atoms with van der Waals surface area (Å²) in [5.74, 6) is 2.01. The van der Waals surface area contributed by atoms with E-state index < -0.39 is 0 Å². The average molecular weight is 409 g/mol. The summed E-state index contributed by atoms with van der Waals surface area (Å²) < 4.78 is 7.38. The molecule has 0 unspecified atom stereocenters. The zero-order chi connectivity index (χ0) is 21.3. The Kier molecular flexibility index (Phi) is 5.81. The molecule has 1 aliphatic rings. The molecule has 1 aliphatic carbocycles. The molecule has 0 aliphatic heterocycles. The molecule has 2 aromatic heterocycles. The maximum absolute atomic E-state index is 6.38. The Labute approximate surface area is 177 Å². The number of aromatic nitrogens is 3. The van der Waals surface area contributed by atoms with E-state index in [-0.39, 0.29) is 5.92 Å². The highest BCUT2D eigenvalue weighted by Crippen LogP contribution is 2.37. The van der Waals surface area contributed by atoms with Gasteiger partial charge in [-0.05, 0) is 62.8 Å². The van der Waals surface area contributed by atoms with Crippen molar-refractivity contribution in [1.82, 2.24) is 14.6 Å². The number of nitrogens with two attached hydrogens (primary N) is 2. The van der Waals surface area contributed by atoms with E-state index in [1.807, 2.05) is 41.9 Å². The molecule has 5 N–H and O–H groups in total. The molecule has 0 saturated heterocycles. The summed E-state index contributed by atoms with van der Waals surface area (Å²) in [7, 11) is 0. The van der Waals surface area contributed by atoms with Gasteiger partial charge in [0, 0.05) is 23.2 Å². The molecule has 2 heterocycles. The summed E-state index contributed by atoms with van der Waals surface area (Å²) in [6.45, 7) is 6.88. The van der Waals surface area contributed by atoms with Gasteiger partial charge in [0.15, 0.2) is 5.65 Å². The predicted molar refractivity (Wildman–Crippen MR) is 122 cm³/mol. The summed E-state index contributed by atoms with van der Waals surface area (Å²) in [5, 5.41) is 8.17. The first kappa shape index (κ1) is 20.5. The third kappa shape index (κ3) is 4.07. The van der Waals surface area contributed by atoms with Crippen LogP contribution in [0.25, 0.3) is 5.65 Å². The van der Waals surface area contributed by atoms with Crippen molar-refractivity contribution in [3.8, 4) is 5.75 Å². The number of nitrogen functional groups attached to an aromatic ring is 1. The van der Waals surface area contributed by atoms with Crippen molar-refractivity contribution in [2.45, 2.75) is 64.3 Å². The van der Waals surface area contributed by atoms with Crippen LogP contribution in [0.5, 0.6) is 5.75 Å². The third-order valence-corrected chi connectivity index (χ3v) is 5.89. The van der Waals surface area contributed by atoms with E-state index in [0.29, 0.717) is 24.4 Å². The van der Waals surface area contributed by atoms with Gasteiger partial charge in [0.1, 0.15) is 11.6 Å². The van der Waals surface area contributed by atoms with Crippen molar-refractivity contribution < 1.29 is 4.74 Å². The summed E-state index contributed by atoms with van der Waals surface area (Å²) in [6, 6.07) is 8.26. The molecule has 0 bridgehead atoms. The number of benzene rings is 1. The molecule has 3 aromatic rings. The van der Waals surface area contributed by atoms with Crippen LogP contribution in [0.1, 0.15) is 69.5 Å². The summed E-state index contributed by atoms with van der Waals surface area (Å²) in [4.78, 5) is 5.01. The molecule has 0 amide bonds. The largest absolute Gasteiger partial charge is 0.494 e. The lowest BCUT2D eigenvalue weighted by molar-refractivity contribution is 0.340. The Morgan fingerprint density at radius 3 is 2.50 bits per heavy atom. The third-order valence-electron chi connectivity index (χ3n) is 5.89. The minimum atomic E-state index is 0.209. The highest BCUT2D eigenvalue weighted by atomic mass is 16.5. The summed E-state index contributed by atoms with van der Waals surface area (Å²) in [6.07, 6.45) is 6.25. The molecule has 1 fully saturated rings. The number of nitrogens with zero attached hydrogens (tertiary/aromatic N) is 3. The smallest absolute Gasteiger partial charge is 0.178 e. The van der Waals surface area contributed by atoms with Gasteiger partial charge in [-0.25, -0.2) is 9.50 Å². The van der Waals surface area contributed by atoms with Crippen LogP contribution in [0.15, 0.2) is 30.5 Å². The van der Waals surface area contributed by atoms with Gasteiger partial charge >= 0.3 is 0 Å². The molecule has 0 atom stereocenters. The van der Waals surface area contributed by atoms with Crippen molar-refractivity contribution in [2.24, 2.45) is 5.73 Å². The van der Waals surface area contributed by atoms with Gasteiger partial charge in [0.2, 0.25) is 0 Å². The van der Waals surface area contributed by atoms with Crippen molar-refractivity contribution in [3.63, 3.8) is 0 Å². The Morgan fingerprint density at radius 2 is 1.87 bits per heavy atom. The second-order valence-electron chi connectivity index (χ2n) is 8.46. The molecule has 0 radical (unpaired) electrons. The SMILES string of the molecule is CCOc1ccc(Nc2c(C(C)C)c(N)nn3cc([C@H]4CC[C@H](N)CC4)nc23)cc1. The van der Waals surface area contributed by atoms with Crippen LogP contribution in [0.3, 0.4) is 0 Å². The highest BCUT2D eigenvalue weighted by molar-refractivity contribution is 5.81. The Hall–Kier alpha value is -2.80. The lowest BCUT2D eigenvalue weighted by atomic mass is 9.85. The zero-order valence-corrected chi connectivity index (χ0v) is 18.1. The Bertz CT molecular complexity index is 1000. The van der Waals surface area contributed by atoms with Crippen LogP contribution in [-0.2, 0) is 0 Å². The molecule has 1 aromatic carbocycles. The van der Waals surface area contributed by atoms with Crippen molar-refractivity contribution >= 4 is 22.8 Å². The summed E-state index contributed by atoms with van der Waals surface area (Å²) in [5.41, 5.74) is 17.2. The van der Waals surface area contributed by atoms with E-state index in [1.54, 1.807) is 0 Å². The first-order valence-electron chi connectivity index (χ1n) is 10.9. The van der Waals surface area contributed by atoms with Gasteiger partial charge in [-0.1, -0.05) is 13.8 Å². The highest BCUT2D eigenvalue weighted by Gasteiger charge is 2.25. The van der Waals surface area contributed by atoms with E-state index in [9.17, 15) is 0 Å². The number of hydrogen-bond acceptors (Lipinski definition) is 6. The molecule has 30 heavy (non-hydrogen) atoms. The number of fused-ring (bicyclic) bond motifs is 1. The fourth-order valence-corrected chi connectivity index (χ4v) is 4.32. The number of anilines is 3. The molecule has 7 nitrogen and oxygen atoms in total. The molecule has 160 valence electrons. The second kappa shape index (κ2) is 8.52. The Balaban J connectivity index is 1.74. The molecular formula is C23H32N6O. The first-order chi connectivity index (χ1) is 14.5. The van der Waals surface area contributed by atoms with Gasteiger partial charge < -0.3 is 21.5 Å².